The predicted molar refractivity (Wildman–Crippen MR) is 130 cm³/mol. The summed E-state index contributed by atoms with van der Waals surface area (Å²) in [4.78, 5) is 29.8. The van der Waals surface area contributed by atoms with Crippen molar-refractivity contribution in [1.82, 2.24) is 14.4 Å². The SMILES string of the molecule is CC(C)CN(Cc1cccn1C)C(=O)CN(C(=O)c1cc(C(F)(F)F)cc(C(F)(F)F)c1)C1CCCCC1. The van der Waals surface area contributed by atoms with Gasteiger partial charge in [0.2, 0.25) is 5.91 Å². The zero-order valence-electron chi connectivity index (χ0n) is 21.7. The van der Waals surface area contributed by atoms with Crippen LogP contribution in [0.25, 0.3) is 0 Å². The van der Waals surface area contributed by atoms with E-state index >= 15 is 0 Å². The molecule has 1 heterocycles. The summed E-state index contributed by atoms with van der Waals surface area (Å²) in [5.74, 6) is -1.33. The number of benzene rings is 1. The molecule has 5 nitrogen and oxygen atoms in total. The van der Waals surface area contributed by atoms with Crippen LogP contribution in [0.5, 0.6) is 0 Å². The van der Waals surface area contributed by atoms with E-state index in [-0.39, 0.29) is 18.5 Å². The van der Waals surface area contributed by atoms with Gasteiger partial charge in [0.15, 0.2) is 0 Å². The van der Waals surface area contributed by atoms with Crippen LogP contribution in [0.3, 0.4) is 0 Å². The molecule has 11 heteroatoms. The number of aromatic nitrogens is 1. The van der Waals surface area contributed by atoms with Crippen molar-refractivity contribution in [1.29, 1.82) is 0 Å². The van der Waals surface area contributed by atoms with E-state index < -0.39 is 53.4 Å². The molecule has 1 aromatic heterocycles. The minimum atomic E-state index is -5.08. The second-order valence-electron chi connectivity index (χ2n) is 10.3. The predicted octanol–water partition coefficient (Wildman–Crippen LogP) is 6.52. The molecule has 1 aliphatic rings. The van der Waals surface area contributed by atoms with Gasteiger partial charge in [-0.05, 0) is 49.1 Å². The molecule has 1 aliphatic carbocycles. The number of halogens is 6. The second-order valence-corrected chi connectivity index (χ2v) is 10.3. The van der Waals surface area contributed by atoms with Crippen LogP contribution in [-0.4, -0.2) is 45.3 Å². The van der Waals surface area contributed by atoms with Gasteiger partial charge in [0, 0.05) is 37.1 Å². The first-order valence-corrected chi connectivity index (χ1v) is 12.6. The van der Waals surface area contributed by atoms with Crippen LogP contribution < -0.4 is 0 Å². The van der Waals surface area contributed by atoms with Crippen LogP contribution in [0.15, 0.2) is 36.5 Å². The zero-order chi connectivity index (χ0) is 28.3. The van der Waals surface area contributed by atoms with Gasteiger partial charge in [-0.1, -0.05) is 33.1 Å². The molecule has 0 aliphatic heterocycles. The summed E-state index contributed by atoms with van der Waals surface area (Å²) in [6, 6.07) is 4.10. The lowest BCUT2D eigenvalue weighted by atomic mass is 9.93. The molecule has 2 aromatic rings. The molecule has 1 fully saturated rings. The Morgan fingerprint density at radius 3 is 2.03 bits per heavy atom. The maximum absolute atomic E-state index is 13.6. The maximum atomic E-state index is 13.6. The Balaban J connectivity index is 1.98. The third-order valence-corrected chi connectivity index (χ3v) is 6.76. The first-order chi connectivity index (χ1) is 17.7. The van der Waals surface area contributed by atoms with Crippen molar-refractivity contribution < 1.29 is 35.9 Å². The summed E-state index contributed by atoms with van der Waals surface area (Å²) < 4.78 is 82.6. The molecule has 0 radical (unpaired) electrons. The van der Waals surface area contributed by atoms with Crippen molar-refractivity contribution in [2.75, 3.05) is 13.1 Å². The zero-order valence-corrected chi connectivity index (χ0v) is 21.7. The highest BCUT2D eigenvalue weighted by atomic mass is 19.4. The summed E-state index contributed by atoms with van der Waals surface area (Å²) in [7, 11) is 1.83. The Hall–Kier alpha value is -2.98. The highest BCUT2D eigenvalue weighted by molar-refractivity contribution is 5.97. The molecule has 0 saturated heterocycles. The van der Waals surface area contributed by atoms with E-state index in [1.54, 1.807) is 4.90 Å². The standard InChI is InChI=1S/C27H33F6N3O2/c1-18(2)15-35(16-23-10-7-11-34(23)3)24(37)17-36(22-8-5-4-6-9-22)25(38)19-12-20(26(28,29)30)14-21(13-19)27(31,32)33/h7,10-14,18,22H,4-6,8-9,15-17H2,1-3H3. The van der Waals surface area contributed by atoms with Crippen LogP contribution in [-0.2, 0) is 30.7 Å². The first-order valence-electron chi connectivity index (χ1n) is 12.6. The summed E-state index contributed by atoms with van der Waals surface area (Å²) in [6.07, 6.45) is -4.89. The van der Waals surface area contributed by atoms with Gasteiger partial charge in [-0.2, -0.15) is 26.3 Å². The number of amides is 2. The molecule has 0 N–H and O–H groups in total. The van der Waals surface area contributed by atoms with Gasteiger partial charge >= 0.3 is 12.4 Å². The Kier molecular flexibility index (Phi) is 9.20. The van der Waals surface area contributed by atoms with Crippen LogP contribution >= 0.6 is 0 Å². The smallest absolute Gasteiger partial charge is 0.353 e. The van der Waals surface area contributed by atoms with Crippen LogP contribution in [0.1, 0.15) is 73.1 Å². The van der Waals surface area contributed by atoms with Crippen LogP contribution in [0.4, 0.5) is 26.3 Å². The van der Waals surface area contributed by atoms with E-state index in [0.29, 0.717) is 31.5 Å². The third-order valence-electron chi connectivity index (χ3n) is 6.76. The number of nitrogens with zero attached hydrogens (tertiary/aromatic N) is 3. The molecule has 0 atom stereocenters. The van der Waals surface area contributed by atoms with Gasteiger partial charge in [-0.25, -0.2) is 0 Å². The molecule has 2 amide bonds. The van der Waals surface area contributed by atoms with E-state index in [0.717, 1.165) is 25.0 Å². The lowest BCUT2D eigenvalue weighted by molar-refractivity contribution is -0.143. The molecule has 3 rings (SSSR count). The van der Waals surface area contributed by atoms with Crippen molar-refractivity contribution in [2.45, 2.75) is 70.9 Å². The number of hydrogen-bond donors (Lipinski definition) is 0. The van der Waals surface area contributed by atoms with E-state index in [9.17, 15) is 35.9 Å². The van der Waals surface area contributed by atoms with Crippen LogP contribution in [0, 0.1) is 5.92 Å². The topological polar surface area (TPSA) is 45.6 Å². The average Bonchev–Trinajstić information content (AvgIpc) is 3.24. The lowest BCUT2D eigenvalue weighted by Crippen LogP contribution is -2.48. The molecule has 1 aromatic carbocycles. The van der Waals surface area contributed by atoms with E-state index in [1.165, 1.54) is 4.90 Å². The Bertz CT molecular complexity index is 1080. The second kappa shape index (κ2) is 11.8. The average molecular weight is 546 g/mol. The molecule has 0 spiro atoms. The van der Waals surface area contributed by atoms with Crippen LogP contribution in [0.2, 0.25) is 0 Å². The summed E-state index contributed by atoms with van der Waals surface area (Å²) >= 11 is 0. The molecule has 210 valence electrons. The highest BCUT2D eigenvalue weighted by Crippen LogP contribution is 2.37. The molecule has 0 bridgehead atoms. The number of aryl methyl sites for hydroxylation is 1. The Morgan fingerprint density at radius 2 is 1.55 bits per heavy atom. The fraction of sp³-hybridized carbons (Fsp3) is 0.556. The lowest BCUT2D eigenvalue weighted by Gasteiger charge is -2.36. The van der Waals surface area contributed by atoms with Crippen molar-refractivity contribution in [3.8, 4) is 0 Å². The van der Waals surface area contributed by atoms with Gasteiger partial charge in [0.1, 0.15) is 6.54 Å². The summed E-state index contributed by atoms with van der Waals surface area (Å²) in [5.41, 5.74) is -3.00. The summed E-state index contributed by atoms with van der Waals surface area (Å²) in [6.45, 7) is 4.05. The fourth-order valence-electron chi connectivity index (χ4n) is 4.80. The molecule has 1 saturated carbocycles. The number of alkyl halides is 6. The van der Waals surface area contributed by atoms with Gasteiger partial charge in [0.25, 0.3) is 5.91 Å². The largest absolute Gasteiger partial charge is 0.416 e. The normalized spacial score (nSPS) is 15.1. The van der Waals surface area contributed by atoms with E-state index in [4.69, 9.17) is 0 Å². The van der Waals surface area contributed by atoms with Crippen molar-refractivity contribution in [3.63, 3.8) is 0 Å². The van der Waals surface area contributed by atoms with Crippen molar-refractivity contribution in [3.05, 3.63) is 58.9 Å². The number of rotatable bonds is 8. The van der Waals surface area contributed by atoms with Crippen molar-refractivity contribution in [2.24, 2.45) is 13.0 Å². The first kappa shape index (κ1) is 29.6. The monoisotopic (exact) mass is 545 g/mol. The number of hydrogen-bond acceptors (Lipinski definition) is 2. The van der Waals surface area contributed by atoms with Gasteiger partial charge < -0.3 is 14.4 Å². The highest BCUT2D eigenvalue weighted by Gasteiger charge is 2.39. The molecule has 0 unspecified atom stereocenters. The quantitative estimate of drug-likeness (QED) is 0.355. The Labute approximate surface area is 218 Å². The Morgan fingerprint density at radius 1 is 0.974 bits per heavy atom. The maximum Gasteiger partial charge on any atom is 0.416 e. The number of carbonyl (C=O) groups excluding carboxylic acids is 2. The van der Waals surface area contributed by atoms with Gasteiger partial charge in [-0.15, -0.1) is 0 Å². The van der Waals surface area contributed by atoms with E-state index in [1.807, 2.05) is 43.8 Å². The molecule has 38 heavy (non-hydrogen) atoms. The summed E-state index contributed by atoms with van der Waals surface area (Å²) in [5, 5.41) is 0. The van der Waals surface area contributed by atoms with Crippen molar-refractivity contribution >= 4 is 11.8 Å². The van der Waals surface area contributed by atoms with E-state index in [2.05, 4.69) is 0 Å². The van der Waals surface area contributed by atoms with Gasteiger partial charge in [0.05, 0.1) is 17.7 Å². The fourth-order valence-corrected chi connectivity index (χ4v) is 4.80. The number of carbonyl (C=O) groups is 2. The molecular weight excluding hydrogens is 512 g/mol. The third kappa shape index (κ3) is 7.54. The van der Waals surface area contributed by atoms with Gasteiger partial charge in [-0.3, -0.25) is 9.59 Å². The minimum Gasteiger partial charge on any atom is -0.353 e. The minimum absolute atomic E-state index is 0.00286. The molecular formula is C27H33F6N3O2.